The lowest BCUT2D eigenvalue weighted by molar-refractivity contribution is -0.140. The number of ether oxygens (including phenoxy) is 1. The first-order chi connectivity index (χ1) is 9.76. The number of guanidine groups is 1. The average molecular weight is 301 g/mol. The van der Waals surface area contributed by atoms with Crippen LogP contribution in [0.2, 0.25) is 0 Å². The number of carbonyl (C=O) groups excluding carboxylic acids is 1. The Bertz CT molecular complexity index is 305. The number of aliphatic imine (C=N–C) groups is 1. The molecule has 1 aliphatic rings. The van der Waals surface area contributed by atoms with Crippen molar-refractivity contribution in [2.45, 2.75) is 44.3 Å². The molecule has 0 saturated carbocycles. The molecule has 1 heterocycles. The summed E-state index contributed by atoms with van der Waals surface area (Å²) in [5.74, 6) is 2.03. The topological polar surface area (TPSA) is 62.7 Å². The summed E-state index contributed by atoms with van der Waals surface area (Å²) in [7, 11) is 1.43. The zero-order valence-electron chi connectivity index (χ0n) is 12.6. The standard InChI is InChI=1S/C14H27N3O2S/c1-3-15-14(17-11-12-7-6-10-20-12)16-9-5-4-8-13(18)19-2/h12H,3-11H2,1-2H3,(H2,15,16,17). The molecule has 1 unspecified atom stereocenters. The highest BCUT2D eigenvalue weighted by atomic mass is 32.2. The molecule has 1 saturated heterocycles. The predicted molar refractivity (Wildman–Crippen MR) is 85.3 cm³/mol. The van der Waals surface area contributed by atoms with Gasteiger partial charge in [0.05, 0.1) is 13.7 Å². The summed E-state index contributed by atoms with van der Waals surface area (Å²) in [4.78, 5) is 15.6. The van der Waals surface area contributed by atoms with Crippen molar-refractivity contribution in [2.75, 3.05) is 32.5 Å². The molecule has 1 aliphatic heterocycles. The van der Waals surface area contributed by atoms with Gasteiger partial charge >= 0.3 is 5.97 Å². The Morgan fingerprint density at radius 2 is 2.25 bits per heavy atom. The first-order valence-electron chi connectivity index (χ1n) is 7.46. The van der Waals surface area contributed by atoms with Crippen molar-refractivity contribution in [2.24, 2.45) is 4.99 Å². The molecule has 0 aromatic rings. The van der Waals surface area contributed by atoms with Crippen LogP contribution in [0, 0.1) is 0 Å². The molecule has 0 bridgehead atoms. The van der Waals surface area contributed by atoms with Gasteiger partial charge in [0.2, 0.25) is 0 Å². The summed E-state index contributed by atoms with van der Waals surface area (Å²) in [6.45, 7) is 4.66. The Hall–Kier alpha value is -0.910. The fraction of sp³-hybridized carbons (Fsp3) is 0.857. The lowest BCUT2D eigenvalue weighted by Gasteiger charge is -2.12. The zero-order valence-corrected chi connectivity index (χ0v) is 13.4. The number of rotatable bonds is 8. The molecule has 0 aliphatic carbocycles. The molecule has 116 valence electrons. The molecule has 20 heavy (non-hydrogen) atoms. The van der Waals surface area contributed by atoms with Gasteiger partial charge in [0, 0.05) is 24.8 Å². The molecule has 0 radical (unpaired) electrons. The number of unbranched alkanes of at least 4 members (excludes halogenated alkanes) is 1. The molecule has 1 fully saturated rings. The minimum absolute atomic E-state index is 0.135. The first-order valence-corrected chi connectivity index (χ1v) is 8.51. The van der Waals surface area contributed by atoms with Crippen LogP contribution in [0.15, 0.2) is 4.99 Å². The van der Waals surface area contributed by atoms with Gasteiger partial charge < -0.3 is 15.4 Å². The molecule has 0 aromatic carbocycles. The molecule has 0 spiro atoms. The third kappa shape index (κ3) is 7.62. The van der Waals surface area contributed by atoms with Crippen molar-refractivity contribution < 1.29 is 9.53 Å². The third-order valence-electron chi connectivity index (χ3n) is 3.15. The van der Waals surface area contributed by atoms with Gasteiger partial charge in [-0.05, 0) is 38.4 Å². The quantitative estimate of drug-likeness (QED) is 0.310. The van der Waals surface area contributed by atoms with Crippen molar-refractivity contribution in [1.82, 2.24) is 10.6 Å². The highest BCUT2D eigenvalue weighted by Crippen LogP contribution is 2.25. The van der Waals surface area contributed by atoms with Gasteiger partial charge in [-0.1, -0.05) is 0 Å². The van der Waals surface area contributed by atoms with Gasteiger partial charge in [0.15, 0.2) is 5.96 Å². The van der Waals surface area contributed by atoms with E-state index in [1.807, 2.05) is 11.8 Å². The summed E-state index contributed by atoms with van der Waals surface area (Å²) in [6, 6.07) is 0. The van der Waals surface area contributed by atoms with Gasteiger partial charge in [-0.15, -0.1) is 0 Å². The van der Waals surface area contributed by atoms with E-state index < -0.39 is 0 Å². The number of methoxy groups -OCH3 is 1. The summed E-state index contributed by atoms with van der Waals surface area (Å²) < 4.78 is 4.61. The molecular weight excluding hydrogens is 274 g/mol. The van der Waals surface area contributed by atoms with Crippen LogP contribution in [0.5, 0.6) is 0 Å². The number of carbonyl (C=O) groups is 1. The van der Waals surface area contributed by atoms with Crippen LogP contribution < -0.4 is 10.6 Å². The predicted octanol–water partition coefficient (Wildman–Crippen LogP) is 1.78. The Kier molecular flexibility index (Phi) is 9.28. The van der Waals surface area contributed by atoms with E-state index in [1.54, 1.807) is 0 Å². The minimum Gasteiger partial charge on any atom is -0.469 e. The van der Waals surface area contributed by atoms with Crippen LogP contribution in [-0.4, -0.2) is 49.7 Å². The molecule has 1 rings (SSSR count). The number of esters is 1. The maximum absolute atomic E-state index is 11.0. The molecule has 2 N–H and O–H groups in total. The molecule has 1 atom stereocenters. The van der Waals surface area contributed by atoms with E-state index in [-0.39, 0.29) is 5.97 Å². The second-order valence-corrected chi connectivity index (χ2v) is 6.22. The highest BCUT2D eigenvalue weighted by Gasteiger charge is 2.14. The Morgan fingerprint density at radius 1 is 1.40 bits per heavy atom. The van der Waals surface area contributed by atoms with Crippen LogP contribution in [0.3, 0.4) is 0 Å². The number of hydrogen-bond acceptors (Lipinski definition) is 4. The monoisotopic (exact) mass is 301 g/mol. The summed E-state index contributed by atoms with van der Waals surface area (Å²) in [6.07, 6.45) is 4.88. The van der Waals surface area contributed by atoms with Crippen LogP contribution in [-0.2, 0) is 9.53 Å². The van der Waals surface area contributed by atoms with E-state index in [1.165, 1.54) is 25.7 Å². The molecule has 0 aromatic heterocycles. The van der Waals surface area contributed by atoms with Gasteiger partial charge in [-0.3, -0.25) is 9.79 Å². The highest BCUT2D eigenvalue weighted by molar-refractivity contribution is 8.00. The fourth-order valence-electron chi connectivity index (χ4n) is 2.03. The minimum atomic E-state index is -0.135. The van der Waals surface area contributed by atoms with Crippen molar-refractivity contribution >= 4 is 23.7 Å². The maximum atomic E-state index is 11.0. The number of thioether (sulfide) groups is 1. The van der Waals surface area contributed by atoms with Crippen molar-refractivity contribution in [3.8, 4) is 0 Å². The average Bonchev–Trinajstić information content (AvgIpc) is 2.97. The lowest BCUT2D eigenvalue weighted by Crippen LogP contribution is -2.38. The van der Waals surface area contributed by atoms with Gasteiger partial charge in [0.25, 0.3) is 0 Å². The molecule has 5 nitrogen and oxygen atoms in total. The summed E-state index contributed by atoms with van der Waals surface area (Å²) in [5.41, 5.74) is 0. The van der Waals surface area contributed by atoms with Gasteiger partial charge in [0.1, 0.15) is 0 Å². The Balaban J connectivity index is 2.17. The second kappa shape index (κ2) is 10.8. The first kappa shape index (κ1) is 17.1. The van der Waals surface area contributed by atoms with E-state index in [4.69, 9.17) is 0 Å². The van der Waals surface area contributed by atoms with Crippen LogP contribution >= 0.6 is 11.8 Å². The van der Waals surface area contributed by atoms with E-state index in [0.29, 0.717) is 11.7 Å². The van der Waals surface area contributed by atoms with E-state index >= 15 is 0 Å². The maximum Gasteiger partial charge on any atom is 0.305 e. The smallest absolute Gasteiger partial charge is 0.305 e. The van der Waals surface area contributed by atoms with Crippen molar-refractivity contribution in [1.29, 1.82) is 0 Å². The molecule has 6 heteroatoms. The van der Waals surface area contributed by atoms with Crippen LogP contribution in [0.25, 0.3) is 0 Å². The van der Waals surface area contributed by atoms with Gasteiger partial charge in [-0.2, -0.15) is 11.8 Å². The second-order valence-electron chi connectivity index (χ2n) is 4.81. The number of nitrogens with zero attached hydrogens (tertiary/aromatic N) is 1. The molecule has 0 amide bonds. The number of hydrogen-bond donors (Lipinski definition) is 2. The zero-order chi connectivity index (χ0) is 14.6. The number of nitrogens with one attached hydrogen (secondary N) is 2. The van der Waals surface area contributed by atoms with Crippen LogP contribution in [0.4, 0.5) is 0 Å². The SMILES string of the molecule is CCNC(=NCC1CCCS1)NCCCCC(=O)OC. The summed E-state index contributed by atoms with van der Waals surface area (Å²) >= 11 is 2.03. The normalized spacial score (nSPS) is 18.9. The van der Waals surface area contributed by atoms with Crippen molar-refractivity contribution in [3.63, 3.8) is 0 Å². The van der Waals surface area contributed by atoms with Gasteiger partial charge in [-0.25, -0.2) is 0 Å². The van der Waals surface area contributed by atoms with E-state index in [0.717, 1.165) is 38.4 Å². The van der Waals surface area contributed by atoms with E-state index in [2.05, 4.69) is 27.3 Å². The van der Waals surface area contributed by atoms with Crippen molar-refractivity contribution in [3.05, 3.63) is 0 Å². The third-order valence-corrected chi connectivity index (χ3v) is 4.53. The Labute approximate surface area is 126 Å². The Morgan fingerprint density at radius 3 is 2.90 bits per heavy atom. The summed E-state index contributed by atoms with van der Waals surface area (Å²) in [5, 5.41) is 7.25. The largest absolute Gasteiger partial charge is 0.469 e. The fourth-order valence-corrected chi connectivity index (χ4v) is 3.21. The van der Waals surface area contributed by atoms with Crippen LogP contribution in [0.1, 0.15) is 39.0 Å². The lowest BCUT2D eigenvalue weighted by atomic mass is 10.2. The van der Waals surface area contributed by atoms with E-state index in [9.17, 15) is 4.79 Å². The molecular formula is C14H27N3O2S.